The molecule has 1 unspecified atom stereocenters. The summed E-state index contributed by atoms with van der Waals surface area (Å²) in [6.07, 6.45) is 0.599. The summed E-state index contributed by atoms with van der Waals surface area (Å²) < 4.78 is 4.55. The summed E-state index contributed by atoms with van der Waals surface area (Å²) in [5.74, 6) is -0.282. The normalized spacial score (nSPS) is 12.2. The topological polar surface area (TPSA) is 26.3 Å². The van der Waals surface area contributed by atoms with Crippen LogP contribution in [0.3, 0.4) is 0 Å². The quantitative estimate of drug-likeness (QED) is 0.340. The minimum Gasteiger partial charge on any atom is -0.458 e. The Morgan fingerprint density at radius 3 is 2.78 bits per heavy atom. The SMILES string of the molecule is [CH2]C(CCl)OC(=O)C=C. The van der Waals surface area contributed by atoms with Gasteiger partial charge in [-0.05, 0) is 6.92 Å². The predicted molar refractivity (Wildman–Crippen MR) is 36.2 cm³/mol. The Morgan fingerprint density at radius 2 is 2.44 bits per heavy atom. The molecule has 0 heterocycles. The van der Waals surface area contributed by atoms with E-state index in [1.54, 1.807) is 0 Å². The van der Waals surface area contributed by atoms with Gasteiger partial charge in [0.2, 0.25) is 0 Å². The van der Waals surface area contributed by atoms with E-state index in [9.17, 15) is 4.79 Å². The summed E-state index contributed by atoms with van der Waals surface area (Å²) in [7, 11) is 0. The molecule has 0 aliphatic heterocycles. The van der Waals surface area contributed by atoms with Gasteiger partial charge in [0, 0.05) is 6.08 Å². The zero-order valence-corrected chi connectivity index (χ0v) is 5.73. The first-order valence-corrected chi connectivity index (χ1v) is 2.96. The number of alkyl halides is 1. The van der Waals surface area contributed by atoms with E-state index in [-0.39, 0.29) is 5.88 Å². The van der Waals surface area contributed by atoms with Gasteiger partial charge in [-0.3, -0.25) is 0 Å². The molecule has 2 nitrogen and oxygen atoms in total. The molecule has 0 N–H and O–H groups in total. The van der Waals surface area contributed by atoms with Gasteiger partial charge >= 0.3 is 5.97 Å². The van der Waals surface area contributed by atoms with Crippen LogP contribution in [0.1, 0.15) is 0 Å². The number of carbonyl (C=O) groups is 1. The minimum atomic E-state index is -0.490. The van der Waals surface area contributed by atoms with Crippen molar-refractivity contribution in [3.05, 3.63) is 19.6 Å². The number of esters is 1. The molecule has 0 amide bonds. The first-order valence-electron chi connectivity index (χ1n) is 2.42. The molecule has 0 saturated carbocycles. The fourth-order valence-electron chi connectivity index (χ4n) is 0.244. The molecule has 0 aliphatic carbocycles. The van der Waals surface area contributed by atoms with Crippen LogP contribution in [-0.4, -0.2) is 18.0 Å². The standard InChI is InChI=1S/C6H8ClO2/c1-3-6(8)9-5(2)4-7/h3,5H,1-2,4H2. The van der Waals surface area contributed by atoms with Gasteiger partial charge in [0.05, 0.1) is 5.88 Å². The molecule has 0 rings (SSSR count). The van der Waals surface area contributed by atoms with Crippen LogP contribution in [0.15, 0.2) is 12.7 Å². The third-order valence-corrected chi connectivity index (χ3v) is 0.966. The predicted octanol–water partition coefficient (Wildman–Crippen LogP) is 1.16. The lowest BCUT2D eigenvalue weighted by atomic mass is 10.5. The molecule has 51 valence electrons. The zero-order chi connectivity index (χ0) is 7.28. The highest BCUT2D eigenvalue weighted by Gasteiger charge is 2.02. The van der Waals surface area contributed by atoms with Gasteiger partial charge < -0.3 is 4.74 Å². The maximum atomic E-state index is 10.3. The molecule has 0 aromatic carbocycles. The average Bonchev–Trinajstić information content (AvgIpc) is 1.87. The van der Waals surface area contributed by atoms with Crippen molar-refractivity contribution in [2.75, 3.05) is 5.88 Å². The molecule has 1 atom stereocenters. The summed E-state index contributed by atoms with van der Waals surface area (Å²) in [5, 5.41) is 0. The lowest BCUT2D eigenvalue weighted by Crippen LogP contribution is -2.14. The number of hydrogen-bond acceptors (Lipinski definition) is 2. The van der Waals surface area contributed by atoms with Crippen LogP contribution in [0, 0.1) is 6.92 Å². The molecule has 9 heavy (non-hydrogen) atoms. The third-order valence-electron chi connectivity index (χ3n) is 0.622. The fraction of sp³-hybridized carbons (Fsp3) is 0.333. The van der Waals surface area contributed by atoms with E-state index in [1.807, 2.05) is 0 Å². The van der Waals surface area contributed by atoms with Crippen LogP contribution in [0.4, 0.5) is 0 Å². The Balaban J connectivity index is 3.46. The Labute approximate surface area is 59.5 Å². The van der Waals surface area contributed by atoms with Crippen molar-refractivity contribution in [3.63, 3.8) is 0 Å². The van der Waals surface area contributed by atoms with E-state index in [0.717, 1.165) is 6.08 Å². The maximum absolute atomic E-state index is 10.3. The number of halogens is 1. The first kappa shape index (κ1) is 8.50. The van der Waals surface area contributed by atoms with Crippen molar-refractivity contribution in [3.8, 4) is 0 Å². The highest BCUT2D eigenvalue weighted by molar-refractivity contribution is 6.18. The second kappa shape index (κ2) is 4.39. The van der Waals surface area contributed by atoms with Crippen molar-refractivity contribution >= 4 is 17.6 Å². The van der Waals surface area contributed by atoms with E-state index in [0.29, 0.717) is 0 Å². The van der Waals surface area contributed by atoms with E-state index >= 15 is 0 Å². The van der Waals surface area contributed by atoms with Crippen molar-refractivity contribution in [2.45, 2.75) is 6.10 Å². The minimum absolute atomic E-state index is 0.208. The Morgan fingerprint density at radius 1 is 1.89 bits per heavy atom. The van der Waals surface area contributed by atoms with Gasteiger partial charge in [-0.1, -0.05) is 6.58 Å². The van der Waals surface area contributed by atoms with Crippen LogP contribution in [0.2, 0.25) is 0 Å². The highest BCUT2D eigenvalue weighted by Crippen LogP contribution is 1.93. The zero-order valence-electron chi connectivity index (χ0n) is 4.97. The van der Waals surface area contributed by atoms with Crippen molar-refractivity contribution < 1.29 is 9.53 Å². The van der Waals surface area contributed by atoms with E-state index in [2.05, 4.69) is 18.2 Å². The van der Waals surface area contributed by atoms with Gasteiger partial charge in [0.15, 0.2) is 0 Å². The lowest BCUT2D eigenvalue weighted by Gasteiger charge is -2.05. The van der Waals surface area contributed by atoms with Crippen LogP contribution >= 0.6 is 11.6 Å². The number of rotatable bonds is 3. The van der Waals surface area contributed by atoms with E-state index in [4.69, 9.17) is 11.6 Å². The van der Waals surface area contributed by atoms with Gasteiger partial charge in [-0.15, -0.1) is 11.6 Å². The summed E-state index contributed by atoms with van der Waals surface area (Å²) in [6, 6.07) is 0. The number of hydrogen-bond donors (Lipinski definition) is 0. The monoisotopic (exact) mass is 147 g/mol. The largest absolute Gasteiger partial charge is 0.458 e. The number of carbonyl (C=O) groups excluding carboxylic acids is 1. The van der Waals surface area contributed by atoms with Crippen LogP contribution in [-0.2, 0) is 9.53 Å². The molecule has 0 bridgehead atoms. The van der Waals surface area contributed by atoms with Crippen molar-refractivity contribution in [2.24, 2.45) is 0 Å². The molecule has 0 saturated heterocycles. The Hall–Kier alpha value is -0.500. The maximum Gasteiger partial charge on any atom is 0.330 e. The molecule has 0 aliphatic rings. The highest BCUT2D eigenvalue weighted by atomic mass is 35.5. The summed E-state index contributed by atoms with van der Waals surface area (Å²) in [6.45, 7) is 6.62. The Kier molecular flexibility index (Phi) is 4.14. The molecule has 3 heteroatoms. The molecule has 0 spiro atoms. The summed E-state index contributed by atoms with van der Waals surface area (Å²) in [4.78, 5) is 10.3. The van der Waals surface area contributed by atoms with E-state index in [1.165, 1.54) is 0 Å². The van der Waals surface area contributed by atoms with Crippen LogP contribution in [0.25, 0.3) is 0 Å². The van der Waals surface area contributed by atoms with E-state index < -0.39 is 12.1 Å². The van der Waals surface area contributed by atoms with Crippen molar-refractivity contribution in [1.29, 1.82) is 0 Å². The number of ether oxygens (including phenoxy) is 1. The molecule has 0 aromatic heterocycles. The van der Waals surface area contributed by atoms with Crippen LogP contribution < -0.4 is 0 Å². The second-order valence-corrected chi connectivity index (χ2v) is 1.73. The average molecular weight is 148 g/mol. The molecular formula is C6H8ClO2. The molecular weight excluding hydrogens is 140 g/mol. The second-order valence-electron chi connectivity index (χ2n) is 1.42. The van der Waals surface area contributed by atoms with Gasteiger partial charge in [0.25, 0.3) is 0 Å². The van der Waals surface area contributed by atoms with Gasteiger partial charge in [0.1, 0.15) is 6.10 Å². The lowest BCUT2D eigenvalue weighted by molar-refractivity contribution is -0.140. The third kappa shape index (κ3) is 4.03. The van der Waals surface area contributed by atoms with Gasteiger partial charge in [-0.2, -0.15) is 0 Å². The molecule has 0 aromatic rings. The van der Waals surface area contributed by atoms with Gasteiger partial charge in [-0.25, -0.2) is 4.79 Å². The Bertz CT molecular complexity index is 112. The molecule has 0 fully saturated rings. The summed E-state index contributed by atoms with van der Waals surface area (Å²) in [5.41, 5.74) is 0. The summed E-state index contributed by atoms with van der Waals surface area (Å²) >= 11 is 5.28. The molecule has 1 radical (unpaired) electrons. The van der Waals surface area contributed by atoms with Crippen molar-refractivity contribution in [1.82, 2.24) is 0 Å². The fourth-order valence-corrected chi connectivity index (χ4v) is 0.307. The first-order chi connectivity index (χ1) is 4.20. The smallest absolute Gasteiger partial charge is 0.330 e. The van der Waals surface area contributed by atoms with Crippen LogP contribution in [0.5, 0.6) is 0 Å².